The summed E-state index contributed by atoms with van der Waals surface area (Å²) >= 11 is 0. The Labute approximate surface area is 159 Å². The largest absolute Gasteiger partial charge is 0.573 e. The summed E-state index contributed by atoms with van der Waals surface area (Å²) in [5.41, 5.74) is 1.74. The summed E-state index contributed by atoms with van der Waals surface area (Å²) in [5, 5.41) is 2.47. The van der Waals surface area contributed by atoms with Crippen molar-refractivity contribution in [3.63, 3.8) is 0 Å². The van der Waals surface area contributed by atoms with E-state index in [0.29, 0.717) is 13.0 Å². The third kappa shape index (κ3) is 5.35. The fourth-order valence-corrected chi connectivity index (χ4v) is 2.81. The lowest BCUT2D eigenvalue weighted by atomic mass is 10.2. The van der Waals surface area contributed by atoms with Crippen LogP contribution >= 0.6 is 0 Å². The highest BCUT2D eigenvalue weighted by Crippen LogP contribution is 2.25. The molecule has 0 radical (unpaired) electrons. The molecule has 146 valence electrons. The van der Waals surface area contributed by atoms with Gasteiger partial charge in [-0.05, 0) is 42.3 Å². The van der Waals surface area contributed by atoms with Crippen molar-refractivity contribution in [2.45, 2.75) is 19.2 Å². The molecule has 0 unspecified atom stereocenters. The van der Waals surface area contributed by atoms with E-state index in [-0.39, 0.29) is 11.6 Å². The zero-order valence-electron chi connectivity index (χ0n) is 14.7. The minimum Gasteiger partial charge on any atom is -0.406 e. The van der Waals surface area contributed by atoms with Gasteiger partial charge in [0, 0.05) is 36.5 Å². The number of alkyl halides is 3. The highest BCUT2D eigenvalue weighted by Gasteiger charge is 2.31. The van der Waals surface area contributed by atoms with Crippen LogP contribution in [0.3, 0.4) is 0 Å². The number of ether oxygens (including phenoxy) is 1. The Morgan fingerprint density at radius 3 is 2.54 bits per heavy atom. The van der Waals surface area contributed by atoms with Crippen LogP contribution in [-0.4, -0.2) is 24.7 Å². The van der Waals surface area contributed by atoms with Crippen molar-refractivity contribution in [3.8, 4) is 5.75 Å². The molecule has 1 aliphatic heterocycles. The molecule has 28 heavy (non-hydrogen) atoms. The summed E-state index contributed by atoms with van der Waals surface area (Å²) in [6.07, 6.45) is -0.560. The van der Waals surface area contributed by atoms with E-state index in [9.17, 15) is 22.8 Å². The maximum absolute atomic E-state index is 12.3. The average Bonchev–Trinajstić information content (AvgIpc) is 3.05. The molecule has 0 aliphatic carbocycles. The molecule has 2 aromatic rings. The van der Waals surface area contributed by atoms with Crippen molar-refractivity contribution in [1.82, 2.24) is 0 Å². The molecule has 0 aromatic heterocycles. The number of rotatable bonds is 5. The van der Waals surface area contributed by atoms with E-state index in [0.717, 1.165) is 29.8 Å². The number of nitrogens with zero attached hydrogens (tertiary/aromatic N) is 1. The van der Waals surface area contributed by atoms with Crippen LogP contribution in [0.2, 0.25) is 0 Å². The Morgan fingerprint density at radius 2 is 1.89 bits per heavy atom. The van der Waals surface area contributed by atoms with Crippen molar-refractivity contribution in [2.24, 2.45) is 0 Å². The van der Waals surface area contributed by atoms with Crippen LogP contribution in [0.5, 0.6) is 5.75 Å². The standard InChI is InChI=1S/C20H17F3N2O3/c21-20(22,23)28-17-4-1-3-15(13-17)24-18(26)11-8-14-6-9-16(10-7-14)25-12-2-5-19(25)27/h1,3-4,6-11,13H,2,5,12H2,(H,24,26)/b11-8+. The lowest BCUT2D eigenvalue weighted by molar-refractivity contribution is -0.274. The fourth-order valence-electron chi connectivity index (χ4n) is 2.81. The van der Waals surface area contributed by atoms with E-state index >= 15 is 0 Å². The lowest BCUT2D eigenvalue weighted by Gasteiger charge is -2.15. The van der Waals surface area contributed by atoms with Gasteiger partial charge >= 0.3 is 6.36 Å². The number of hydrogen-bond acceptors (Lipinski definition) is 3. The quantitative estimate of drug-likeness (QED) is 0.772. The van der Waals surface area contributed by atoms with Crippen LogP contribution in [0.15, 0.2) is 54.6 Å². The van der Waals surface area contributed by atoms with E-state index in [4.69, 9.17) is 0 Å². The summed E-state index contributed by atoms with van der Waals surface area (Å²) in [6.45, 7) is 0.702. The molecular formula is C20H17F3N2O3. The normalized spacial score (nSPS) is 14.5. The molecule has 1 saturated heterocycles. The number of anilines is 2. The summed E-state index contributed by atoms with van der Waals surface area (Å²) in [5.74, 6) is -0.816. The molecule has 2 aromatic carbocycles. The Morgan fingerprint density at radius 1 is 1.14 bits per heavy atom. The fraction of sp³-hybridized carbons (Fsp3) is 0.200. The van der Waals surface area contributed by atoms with Crippen LogP contribution < -0.4 is 15.0 Å². The van der Waals surface area contributed by atoms with E-state index in [1.165, 1.54) is 18.2 Å². The lowest BCUT2D eigenvalue weighted by Crippen LogP contribution is -2.23. The van der Waals surface area contributed by atoms with Crippen LogP contribution in [0.25, 0.3) is 6.08 Å². The molecule has 0 bridgehead atoms. The molecule has 1 aliphatic rings. The molecule has 5 nitrogen and oxygen atoms in total. The topological polar surface area (TPSA) is 58.6 Å². The number of carbonyl (C=O) groups is 2. The molecule has 1 heterocycles. The minimum atomic E-state index is -4.80. The predicted octanol–water partition coefficient (Wildman–Crippen LogP) is 4.36. The molecule has 1 N–H and O–H groups in total. The Hall–Kier alpha value is -3.29. The first kappa shape index (κ1) is 19.5. The Kier molecular flexibility index (Phi) is 5.67. The van der Waals surface area contributed by atoms with Gasteiger partial charge < -0.3 is 15.0 Å². The van der Waals surface area contributed by atoms with Crippen molar-refractivity contribution in [1.29, 1.82) is 0 Å². The van der Waals surface area contributed by atoms with Gasteiger partial charge in [-0.1, -0.05) is 18.2 Å². The van der Waals surface area contributed by atoms with Crippen LogP contribution in [0.4, 0.5) is 24.5 Å². The maximum Gasteiger partial charge on any atom is 0.573 e. The third-order valence-electron chi connectivity index (χ3n) is 4.04. The van der Waals surface area contributed by atoms with Gasteiger partial charge in [-0.15, -0.1) is 13.2 Å². The van der Waals surface area contributed by atoms with E-state index in [1.807, 2.05) is 0 Å². The minimum absolute atomic E-state index is 0.0967. The van der Waals surface area contributed by atoms with Crippen molar-refractivity contribution >= 4 is 29.3 Å². The number of benzene rings is 2. The van der Waals surface area contributed by atoms with Crippen LogP contribution in [0, 0.1) is 0 Å². The van der Waals surface area contributed by atoms with Gasteiger partial charge in [0.25, 0.3) is 0 Å². The second kappa shape index (κ2) is 8.16. The van der Waals surface area contributed by atoms with E-state index in [2.05, 4.69) is 10.1 Å². The molecule has 2 amide bonds. The van der Waals surface area contributed by atoms with E-state index < -0.39 is 18.0 Å². The first-order valence-electron chi connectivity index (χ1n) is 8.55. The number of halogens is 3. The summed E-state index contributed by atoms with van der Waals surface area (Å²) < 4.78 is 40.6. The number of carbonyl (C=O) groups excluding carboxylic acids is 2. The van der Waals surface area contributed by atoms with Gasteiger partial charge in [-0.25, -0.2) is 0 Å². The van der Waals surface area contributed by atoms with Crippen LogP contribution in [0.1, 0.15) is 18.4 Å². The van der Waals surface area contributed by atoms with E-state index in [1.54, 1.807) is 35.2 Å². The zero-order valence-corrected chi connectivity index (χ0v) is 14.7. The zero-order chi connectivity index (χ0) is 20.1. The number of amides is 2. The maximum atomic E-state index is 12.3. The monoisotopic (exact) mass is 390 g/mol. The third-order valence-corrected chi connectivity index (χ3v) is 4.04. The van der Waals surface area contributed by atoms with Crippen molar-refractivity contribution in [2.75, 3.05) is 16.8 Å². The molecule has 0 saturated carbocycles. The molecular weight excluding hydrogens is 373 g/mol. The first-order valence-corrected chi connectivity index (χ1v) is 8.55. The number of hydrogen-bond donors (Lipinski definition) is 1. The molecule has 8 heteroatoms. The van der Waals surface area contributed by atoms with Gasteiger partial charge in [0.1, 0.15) is 5.75 Å². The summed E-state index contributed by atoms with van der Waals surface area (Å²) in [4.78, 5) is 25.4. The second-order valence-electron chi connectivity index (χ2n) is 6.14. The smallest absolute Gasteiger partial charge is 0.406 e. The van der Waals surface area contributed by atoms with Crippen molar-refractivity contribution in [3.05, 3.63) is 60.2 Å². The second-order valence-corrected chi connectivity index (χ2v) is 6.14. The Balaban J connectivity index is 1.59. The van der Waals surface area contributed by atoms with Gasteiger partial charge in [-0.3, -0.25) is 9.59 Å². The predicted molar refractivity (Wildman–Crippen MR) is 98.8 cm³/mol. The summed E-state index contributed by atoms with van der Waals surface area (Å²) in [7, 11) is 0. The van der Waals surface area contributed by atoms with Crippen LogP contribution in [-0.2, 0) is 9.59 Å². The van der Waals surface area contributed by atoms with Crippen molar-refractivity contribution < 1.29 is 27.5 Å². The summed E-state index contributed by atoms with van der Waals surface area (Å²) in [6, 6.07) is 12.2. The number of nitrogens with one attached hydrogen (secondary N) is 1. The van der Waals surface area contributed by atoms with Gasteiger partial charge in [0.2, 0.25) is 11.8 Å². The average molecular weight is 390 g/mol. The highest BCUT2D eigenvalue weighted by atomic mass is 19.4. The van der Waals surface area contributed by atoms with Gasteiger partial charge in [0.15, 0.2) is 0 Å². The molecule has 1 fully saturated rings. The first-order chi connectivity index (χ1) is 13.3. The van der Waals surface area contributed by atoms with Gasteiger partial charge in [-0.2, -0.15) is 0 Å². The molecule has 0 spiro atoms. The molecule has 3 rings (SSSR count). The highest BCUT2D eigenvalue weighted by molar-refractivity contribution is 6.02. The molecule has 0 atom stereocenters. The van der Waals surface area contributed by atoms with Gasteiger partial charge in [0.05, 0.1) is 0 Å². The SMILES string of the molecule is O=C(/C=C/c1ccc(N2CCCC2=O)cc1)Nc1cccc(OC(F)(F)F)c1. The Bertz CT molecular complexity index is 892.